The predicted molar refractivity (Wildman–Crippen MR) is 214 cm³/mol. The molecule has 0 fully saturated rings. The summed E-state index contributed by atoms with van der Waals surface area (Å²) in [6.07, 6.45) is 0. The van der Waals surface area contributed by atoms with Crippen molar-refractivity contribution in [3.8, 4) is 22.3 Å². The fourth-order valence-corrected chi connectivity index (χ4v) is 7.88. The largest absolute Gasteiger partial charge is 0.456 e. The van der Waals surface area contributed by atoms with Gasteiger partial charge in [-0.05, 0) is 95.6 Å². The summed E-state index contributed by atoms with van der Waals surface area (Å²) in [7, 11) is 0. The minimum absolute atomic E-state index is 0.841. The summed E-state index contributed by atoms with van der Waals surface area (Å²) in [6, 6.07) is 61.2. The van der Waals surface area contributed by atoms with Crippen molar-refractivity contribution in [3.63, 3.8) is 0 Å². The number of fused-ring (bicyclic) bond motifs is 9. The van der Waals surface area contributed by atoms with E-state index < -0.39 is 0 Å². The second-order valence-corrected chi connectivity index (χ2v) is 13.3. The first kappa shape index (κ1) is 28.8. The molecule has 0 aliphatic heterocycles. The van der Waals surface area contributed by atoms with Gasteiger partial charge in [0.05, 0.1) is 0 Å². The molecular formula is C48H29NO3. The van der Waals surface area contributed by atoms with E-state index in [0.29, 0.717) is 0 Å². The number of para-hydroxylation sites is 4. The van der Waals surface area contributed by atoms with Gasteiger partial charge in [0.2, 0.25) is 0 Å². The van der Waals surface area contributed by atoms with Gasteiger partial charge in [0.25, 0.3) is 0 Å². The van der Waals surface area contributed by atoms with Crippen molar-refractivity contribution in [2.45, 2.75) is 0 Å². The lowest BCUT2D eigenvalue weighted by molar-refractivity contribution is 0.667. The molecule has 0 aliphatic carbocycles. The third-order valence-corrected chi connectivity index (χ3v) is 10.3. The van der Waals surface area contributed by atoms with Gasteiger partial charge in [-0.2, -0.15) is 0 Å². The summed E-state index contributed by atoms with van der Waals surface area (Å²) in [5.41, 5.74) is 12.7. The Morgan fingerprint density at radius 3 is 1.63 bits per heavy atom. The molecule has 0 aliphatic rings. The van der Waals surface area contributed by atoms with E-state index in [0.717, 1.165) is 105 Å². The van der Waals surface area contributed by atoms with Crippen LogP contribution in [0.4, 0.5) is 17.1 Å². The van der Waals surface area contributed by atoms with Crippen LogP contribution in [0.3, 0.4) is 0 Å². The minimum Gasteiger partial charge on any atom is -0.456 e. The van der Waals surface area contributed by atoms with Crippen LogP contribution in [0, 0.1) is 0 Å². The van der Waals surface area contributed by atoms with Crippen molar-refractivity contribution in [2.24, 2.45) is 0 Å². The molecule has 3 aromatic heterocycles. The smallest absolute Gasteiger partial charge is 0.143 e. The van der Waals surface area contributed by atoms with Gasteiger partial charge < -0.3 is 18.2 Å². The lowest BCUT2D eigenvalue weighted by atomic mass is 9.98. The normalized spacial score (nSPS) is 11.8. The van der Waals surface area contributed by atoms with Crippen LogP contribution in [0.2, 0.25) is 0 Å². The number of anilines is 3. The molecule has 8 aromatic carbocycles. The standard InChI is InChI=1S/C48H29NO3/c1-3-11-32(12-4-1)49(33-13-5-2-6-14-33)34-23-26-43-41(29-34)39-18-9-17-36(48(39)52-43)31-22-25-38-37-24-21-30(27-45(37)51-46(38)28-31)35-16-10-20-44-47(35)40-15-7-8-19-42(40)50-44/h1-29H. The molecule has 3 heterocycles. The topological polar surface area (TPSA) is 42.7 Å². The average Bonchev–Trinajstić information content (AvgIpc) is 3.89. The molecule has 0 bridgehead atoms. The molecule has 0 saturated carbocycles. The van der Waals surface area contributed by atoms with Gasteiger partial charge in [0.1, 0.15) is 33.5 Å². The lowest BCUT2D eigenvalue weighted by Gasteiger charge is -2.25. The molecule has 0 atom stereocenters. The highest BCUT2D eigenvalue weighted by Crippen LogP contribution is 2.43. The molecule has 0 unspecified atom stereocenters. The Labute approximate surface area is 298 Å². The number of benzene rings is 8. The molecule has 244 valence electrons. The lowest BCUT2D eigenvalue weighted by Crippen LogP contribution is -2.09. The van der Waals surface area contributed by atoms with E-state index in [1.807, 2.05) is 30.3 Å². The monoisotopic (exact) mass is 667 g/mol. The Balaban J connectivity index is 1.02. The highest BCUT2D eigenvalue weighted by atomic mass is 16.3. The molecule has 52 heavy (non-hydrogen) atoms. The summed E-state index contributed by atoms with van der Waals surface area (Å²) >= 11 is 0. The van der Waals surface area contributed by atoms with Gasteiger partial charge in [-0.15, -0.1) is 0 Å². The van der Waals surface area contributed by atoms with Gasteiger partial charge in [-0.1, -0.05) is 97.1 Å². The maximum Gasteiger partial charge on any atom is 0.143 e. The second-order valence-electron chi connectivity index (χ2n) is 13.3. The fraction of sp³-hybridized carbons (Fsp3) is 0. The molecule has 0 saturated heterocycles. The number of hydrogen-bond donors (Lipinski definition) is 0. The molecule has 4 heteroatoms. The predicted octanol–water partition coefficient (Wildman–Crippen LogP) is 14.2. The van der Waals surface area contributed by atoms with E-state index in [1.54, 1.807) is 0 Å². The zero-order valence-electron chi connectivity index (χ0n) is 27.9. The number of hydrogen-bond acceptors (Lipinski definition) is 4. The first-order chi connectivity index (χ1) is 25.8. The zero-order valence-corrected chi connectivity index (χ0v) is 27.9. The van der Waals surface area contributed by atoms with Gasteiger partial charge >= 0.3 is 0 Å². The van der Waals surface area contributed by atoms with Gasteiger partial charge in [-0.3, -0.25) is 0 Å². The van der Waals surface area contributed by atoms with Crippen molar-refractivity contribution in [3.05, 3.63) is 176 Å². The number of nitrogens with zero attached hydrogens (tertiary/aromatic N) is 1. The van der Waals surface area contributed by atoms with Gasteiger partial charge in [0.15, 0.2) is 0 Å². The van der Waals surface area contributed by atoms with Crippen LogP contribution >= 0.6 is 0 Å². The molecule has 0 radical (unpaired) electrons. The van der Waals surface area contributed by atoms with E-state index in [1.165, 1.54) is 0 Å². The number of furan rings is 3. The van der Waals surface area contributed by atoms with E-state index in [4.69, 9.17) is 13.3 Å². The van der Waals surface area contributed by atoms with Crippen molar-refractivity contribution in [2.75, 3.05) is 4.90 Å². The molecular weight excluding hydrogens is 639 g/mol. The summed E-state index contributed by atoms with van der Waals surface area (Å²) in [5.74, 6) is 0. The van der Waals surface area contributed by atoms with E-state index in [9.17, 15) is 0 Å². The maximum atomic E-state index is 6.62. The van der Waals surface area contributed by atoms with Crippen LogP contribution in [-0.4, -0.2) is 0 Å². The van der Waals surface area contributed by atoms with Crippen molar-refractivity contribution in [1.82, 2.24) is 0 Å². The van der Waals surface area contributed by atoms with Crippen LogP contribution in [0.25, 0.3) is 88.1 Å². The maximum absolute atomic E-state index is 6.62. The molecule has 4 nitrogen and oxygen atoms in total. The highest BCUT2D eigenvalue weighted by Gasteiger charge is 2.19. The zero-order chi connectivity index (χ0) is 34.2. The third kappa shape index (κ3) is 4.41. The van der Waals surface area contributed by atoms with Crippen molar-refractivity contribution >= 4 is 82.9 Å². The Morgan fingerprint density at radius 1 is 0.308 bits per heavy atom. The third-order valence-electron chi connectivity index (χ3n) is 10.3. The molecule has 0 amide bonds. The van der Waals surface area contributed by atoms with Gasteiger partial charge in [0, 0.05) is 54.9 Å². The van der Waals surface area contributed by atoms with Crippen LogP contribution < -0.4 is 4.90 Å². The Hall–Kier alpha value is -7.04. The van der Waals surface area contributed by atoms with E-state index in [-0.39, 0.29) is 0 Å². The molecule has 11 aromatic rings. The highest BCUT2D eigenvalue weighted by molar-refractivity contribution is 6.15. The van der Waals surface area contributed by atoms with Crippen molar-refractivity contribution in [1.29, 1.82) is 0 Å². The van der Waals surface area contributed by atoms with Crippen LogP contribution in [0.5, 0.6) is 0 Å². The summed E-state index contributed by atoms with van der Waals surface area (Å²) in [6.45, 7) is 0. The Morgan fingerprint density at radius 2 is 0.885 bits per heavy atom. The Bertz CT molecular complexity index is 3090. The van der Waals surface area contributed by atoms with E-state index >= 15 is 0 Å². The van der Waals surface area contributed by atoms with Gasteiger partial charge in [-0.25, -0.2) is 0 Å². The van der Waals surface area contributed by atoms with Crippen LogP contribution in [0.1, 0.15) is 0 Å². The average molecular weight is 668 g/mol. The fourth-order valence-electron chi connectivity index (χ4n) is 7.88. The Kier molecular flexibility index (Phi) is 6.22. The molecule has 0 N–H and O–H groups in total. The summed E-state index contributed by atoms with van der Waals surface area (Å²) < 4.78 is 19.4. The quantitative estimate of drug-likeness (QED) is 0.183. The van der Waals surface area contributed by atoms with Crippen LogP contribution in [-0.2, 0) is 0 Å². The minimum atomic E-state index is 0.841. The first-order valence-corrected chi connectivity index (χ1v) is 17.5. The SMILES string of the molecule is c1ccc(N(c2ccccc2)c2ccc3oc4c(-c5ccc6c(c5)oc5cc(-c7cccc8oc9ccccc9c78)ccc56)cccc4c3c2)cc1. The summed E-state index contributed by atoms with van der Waals surface area (Å²) in [4.78, 5) is 2.28. The van der Waals surface area contributed by atoms with E-state index in [2.05, 4.69) is 150 Å². The molecule has 0 spiro atoms. The second kappa shape index (κ2) is 11.2. The van der Waals surface area contributed by atoms with Crippen LogP contribution in [0.15, 0.2) is 189 Å². The number of rotatable bonds is 5. The first-order valence-electron chi connectivity index (χ1n) is 17.5. The molecule has 11 rings (SSSR count). The summed E-state index contributed by atoms with van der Waals surface area (Å²) in [5, 5.41) is 6.55. The van der Waals surface area contributed by atoms with Crippen molar-refractivity contribution < 1.29 is 13.3 Å².